The molecule has 3 amide bonds. The lowest BCUT2D eigenvalue weighted by Crippen LogP contribution is -2.57. The number of aliphatic carboxylic acids is 1. The average molecular weight is 654 g/mol. The molecule has 1 aromatic carbocycles. The molecule has 0 aliphatic carbocycles. The molecule has 18 heteroatoms. The molecule has 16 N–H and O–H groups in total. The van der Waals surface area contributed by atoms with Crippen molar-refractivity contribution >= 4 is 46.5 Å². The van der Waals surface area contributed by atoms with E-state index in [1.54, 1.807) is 6.20 Å². The largest absolute Gasteiger partial charge is 0.480 e. The van der Waals surface area contributed by atoms with Crippen molar-refractivity contribution in [2.45, 2.75) is 62.7 Å². The lowest BCUT2D eigenvalue weighted by Gasteiger charge is -2.25. The molecule has 47 heavy (non-hydrogen) atoms. The van der Waals surface area contributed by atoms with Gasteiger partial charge in [0.25, 0.3) is 0 Å². The minimum atomic E-state index is -1.31. The zero-order chi connectivity index (χ0) is 34.3. The Hall–Kier alpha value is -5.65. The average Bonchev–Trinajstić information content (AvgIpc) is 3.69. The minimum absolute atomic E-state index is 0.00104. The van der Waals surface area contributed by atoms with E-state index < -0.39 is 47.9 Å². The van der Waals surface area contributed by atoms with Crippen LogP contribution in [-0.4, -0.2) is 92.9 Å². The molecule has 0 radical (unpaired) electrons. The maximum Gasteiger partial charge on any atom is 0.326 e. The van der Waals surface area contributed by atoms with E-state index in [2.05, 4.69) is 40.9 Å². The molecule has 18 nitrogen and oxygen atoms in total. The molecule has 0 aliphatic heterocycles. The lowest BCUT2D eigenvalue weighted by atomic mass is 10.0. The Bertz CT molecular complexity index is 1540. The van der Waals surface area contributed by atoms with Gasteiger partial charge < -0.3 is 59.7 Å². The Balaban J connectivity index is 1.76. The molecule has 0 saturated heterocycles. The standard InChI is InChI=1S/C29H43N13O5/c30-19(6-3-9-36-28(31)32)24(43)41-22(12-17-14-35-15-39-17)26(45)40-21(8-4-10-37-29(33)34)25(44)42-23(27(46)47)11-16-13-38-20-7-2-1-5-18(16)20/h1-2,5,7,13-15,19,21-23,38H,3-4,6,8-12,30H2,(H,35,39)(H,40,45)(H,41,43)(H,42,44)(H,46,47)(H4,31,32,36)(H4,33,34,37). The summed E-state index contributed by atoms with van der Waals surface area (Å²) in [7, 11) is 0. The molecule has 2 aromatic heterocycles. The third-order valence-corrected chi connectivity index (χ3v) is 7.21. The SMILES string of the molecule is NC(N)=NCCCC(N)C(=O)NC(Cc1cnc[nH]1)C(=O)NC(CCCN=C(N)N)C(=O)NC(Cc1c[nH]c2ccccc12)C(=O)O. The topological polar surface area (TPSA) is 324 Å². The van der Waals surface area contributed by atoms with Crippen LogP contribution in [0.5, 0.6) is 0 Å². The third kappa shape index (κ3) is 11.7. The van der Waals surface area contributed by atoms with Gasteiger partial charge in [-0.05, 0) is 37.3 Å². The number of carboxylic acid groups (broad SMARTS) is 1. The first-order valence-electron chi connectivity index (χ1n) is 15.0. The zero-order valence-electron chi connectivity index (χ0n) is 25.8. The maximum atomic E-state index is 13.6. The highest BCUT2D eigenvalue weighted by Crippen LogP contribution is 2.19. The van der Waals surface area contributed by atoms with Gasteiger partial charge in [0.05, 0.1) is 12.4 Å². The van der Waals surface area contributed by atoms with E-state index >= 15 is 0 Å². The minimum Gasteiger partial charge on any atom is -0.480 e. The van der Waals surface area contributed by atoms with Crippen LogP contribution in [0.2, 0.25) is 0 Å². The van der Waals surface area contributed by atoms with Crippen molar-refractivity contribution in [1.82, 2.24) is 30.9 Å². The number of carbonyl (C=O) groups excluding carboxylic acids is 3. The first kappa shape index (κ1) is 35.8. The molecular formula is C29H43N13O5. The summed E-state index contributed by atoms with van der Waals surface area (Å²) in [6.45, 7) is 0.429. The smallest absolute Gasteiger partial charge is 0.326 e. The number of aromatic nitrogens is 3. The molecule has 0 bridgehead atoms. The van der Waals surface area contributed by atoms with E-state index in [4.69, 9.17) is 28.7 Å². The second-order valence-corrected chi connectivity index (χ2v) is 10.9. The van der Waals surface area contributed by atoms with E-state index in [-0.39, 0.29) is 57.1 Å². The maximum absolute atomic E-state index is 13.6. The number of nitrogens with one attached hydrogen (secondary N) is 5. The number of benzene rings is 1. The van der Waals surface area contributed by atoms with Crippen LogP contribution in [0.15, 0.2) is 53.0 Å². The molecule has 254 valence electrons. The summed E-state index contributed by atoms with van der Waals surface area (Å²) >= 11 is 0. The van der Waals surface area contributed by atoms with Gasteiger partial charge in [-0.25, -0.2) is 9.78 Å². The molecular weight excluding hydrogens is 610 g/mol. The van der Waals surface area contributed by atoms with Crippen molar-refractivity contribution in [3.63, 3.8) is 0 Å². The second-order valence-electron chi connectivity index (χ2n) is 10.9. The molecule has 3 rings (SSSR count). The van der Waals surface area contributed by atoms with Gasteiger partial charge in [-0.1, -0.05) is 18.2 Å². The fourth-order valence-corrected chi connectivity index (χ4v) is 4.79. The Morgan fingerprint density at radius 3 is 2.06 bits per heavy atom. The predicted octanol–water partition coefficient (Wildman–Crippen LogP) is -2.35. The lowest BCUT2D eigenvalue weighted by molar-refractivity contribution is -0.142. The van der Waals surface area contributed by atoms with Crippen LogP contribution in [-0.2, 0) is 32.0 Å². The molecule has 4 atom stereocenters. The van der Waals surface area contributed by atoms with E-state index in [0.717, 1.165) is 10.9 Å². The first-order valence-corrected chi connectivity index (χ1v) is 15.0. The summed E-state index contributed by atoms with van der Waals surface area (Å²) in [4.78, 5) is 70.1. The Labute approximate surface area is 270 Å². The van der Waals surface area contributed by atoms with Gasteiger partial charge in [-0.15, -0.1) is 0 Å². The molecule has 0 fully saturated rings. The van der Waals surface area contributed by atoms with E-state index in [9.17, 15) is 24.3 Å². The number of nitrogens with two attached hydrogens (primary N) is 5. The summed E-state index contributed by atoms with van der Waals surface area (Å²) in [5.41, 5.74) is 29.6. The number of carboxylic acids is 1. The van der Waals surface area contributed by atoms with E-state index in [1.165, 1.54) is 12.5 Å². The number of rotatable bonds is 19. The van der Waals surface area contributed by atoms with Crippen LogP contribution >= 0.6 is 0 Å². The highest BCUT2D eigenvalue weighted by molar-refractivity contribution is 5.94. The number of hydrogen-bond donors (Lipinski definition) is 11. The number of aromatic amines is 2. The van der Waals surface area contributed by atoms with Gasteiger partial charge in [0, 0.05) is 54.9 Å². The van der Waals surface area contributed by atoms with E-state index in [0.29, 0.717) is 17.7 Å². The number of amides is 3. The summed E-state index contributed by atoms with van der Waals surface area (Å²) < 4.78 is 0. The summed E-state index contributed by atoms with van der Waals surface area (Å²) in [6, 6.07) is 2.73. The fraction of sp³-hybridized carbons (Fsp3) is 0.414. The number of fused-ring (bicyclic) bond motifs is 1. The Kier molecular flexibility index (Phi) is 13.5. The molecule has 0 spiro atoms. The first-order chi connectivity index (χ1) is 22.4. The third-order valence-electron chi connectivity index (χ3n) is 7.21. The Morgan fingerprint density at radius 2 is 1.43 bits per heavy atom. The summed E-state index contributed by atoms with van der Waals surface area (Å²) in [6.07, 6.45) is 5.57. The van der Waals surface area contributed by atoms with Gasteiger partial charge in [0.2, 0.25) is 17.7 Å². The monoisotopic (exact) mass is 653 g/mol. The molecule has 4 unspecified atom stereocenters. The molecule has 0 aliphatic rings. The van der Waals surface area contributed by atoms with Crippen LogP contribution in [0, 0.1) is 0 Å². The van der Waals surface area contributed by atoms with Crippen molar-refractivity contribution in [3.05, 3.63) is 54.2 Å². The van der Waals surface area contributed by atoms with Crippen LogP contribution < -0.4 is 44.6 Å². The van der Waals surface area contributed by atoms with Crippen molar-refractivity contribution < 1.29 is 24.3 Å². The second kappa shape index (κ2) is 17.7. The number of hydrogen-bond acceptors (Lipinski definition) is 8. The van der Waals surface area contributed by atoms with Gasteiger partial charge in [-0.2, -0.15) is 0 Å². The normalized spacial score (nSPS) is 13.5. The fourth-order valence-electron chi connectivity index (χ4n) is 4.79. The quantitative estimate of drug-likeness (QED) is 0.0369. The van der Waals surface area contributed by atoms with E-state index in [1.807, 2.05) is 24.3 Å². The van der Waals surface area contributed by atoms with Crippen molar-refractivity contribution in [2.75, 3.05) is 13.1 Å². The van der Waals surface area contributed by atoms with Crippen LogP contribution in [0.25, 0.3) is 10.9 Å². The van der Waals surface area contributed by atoms with Gasteiger partial charge in [0.1, 0.15) is 18.1 Å². The van der Waals surface area contributed by atoms with Crippen LogP contribution in [0.4, 0.5) is 0 Å². The summed E-state index contributed by atoms with van der Waals surface area (Å²) in [5, 5.41) is 18.7. The van der Waals surface area contributed by atoms with Gasteiger partial charge >= 0.3 is 5.97 Å². The highest BCUT2D eigenvalue weighted by Gasteiger charge is 2.31. The number of guanidine groups is 2. The number of imidazole rings is 1. The zero-order valence-corrected chi connectivity index (χ0v) is 25.8. The van der Waals surface area contributed by atoms with Gasteiger partial charge in [0.15, 0.2) is 11.9 Å². The predicted molar refractivity (Wildman–Crippen MR) is 176 cm³/mol. The van der Waals surface area contributed by atoms with Crippen molar-refractivity contribution in [2.24, 2.45) is 38.7 Å². The number of carbonyl (C=O) groups is 4. The van der Waals surface area contributed by atoms with Crippen LogP contribution in [0.3, 0.4) is 0 Å². The van der Waals surface area contributed by atoms with Gasteiger partial charge in [-0.3, -0.25) is 24.4 Å². The van der Waals surface area contributed by atoms with Crippen molar-refractivity contribution in [3.8, 4) is 0 Å². The molecule has 3 aromatic rings. The highest BCUT2D eigenvalue weighted by atomic mass is 16.4. The number of nitrogens with zero attached hydrogens (tertiary/aromatic N) is 3. The molecule has 0 saturated carbocycles. The molecule has 2 heterocycles. The number of H-pyrrole nitrogens is 2. The van der Waals surface area contributed by atoms with Crippen LogP contribution in [0.1, 0.15) is 36.9 Å². The number of para-hydroxylation sites is 1. The Morgan fingerprint density at radius 1 is 0.809 bits per heavy atom. The van der Waals surface area contributed by atoms with Crippen molar-refractivity contribution in [1.29, 1.82) is 0 Å². The number of aliphatic imine (C=N–C) groups is 2. The summed E-state index contributed by atoms with van der Waals surface area (Å²) in [5.74, 6) is -3.52.